The fraction of sp³-hybridized carbons (Fsp3) is 0.417. The molecule has 2 rings (SSSR count). The van der Waals surface area contributed by atoms with Gasteiger partial charge in [0.2, 0.25) is 0 Å². The summed E-state index contributed by atoms with van der Waals surface area (Å²) in [5.74, 6) is -0.791. The van der Waals surface area contributed by atoms with Crippen molar-refractivity contribution < 1.29 is 14.3 Å². The molecule has 1 aliphatic heterocycles. The third-order valence-electron chi connectivity index (χ3n) is 3.02. The Labute approximate surface area is 98.8 Å². The number of hydrogen-bond acceptors (Lipinski definition) is 3. The van der Waals surface area contributed by atoms with Gasteiger partial charge in [-0.1, -0.05) is 0 Å². The average molecular weight is 238 g/mol. The number of aliphatic hydroxyl groups excluding tert-OH is 1. The summed E-state index contributed by atoms with van der Waals surface area (Å²) in [7, 11) is 0. The van der Waals surface area contributed by atoms with E-state index < -0.39 is 5.82 Å². The van der Waals surface area contributed by atoms with Crippen LogP contribution in [0.4, 0.5) is 10.1 Å². The molecule has 0 aromatic heterocycles. The number of nitrogens with two attached hydrogens (primary N) is 1. The molecule has 1 aliphatic rings. The highest BCUT2D eigenvalue weighted by molar-refractivity contribution is 5.95. The Morgan fingerprint density at radius 2 is 2.29 bits per heavy atom. The number of hydrogen-bond donors (Lipinski definition) is 2. The highest BCUT2D eigenvalue weighted by Crippen LogP contribution is 2.21. The van der Waals surface area contributed by atoms with Gasteiger partial charge in [-0.3, -0.25) is 4.79 Å². The SMILES string of the molecule is Nc1cc(F)cc(C(=O)N2CCC[C@@H]2CO)c1. The lowest BCUT2D eigenvalue weighted by Gasteiger charge is -2.23. The van der Waals surface area contributed by atoms with Crippen molar-refractivity contribution in [3.63, 3.8) is 0 Å². The fourth-order valence-corrected chi connectivity index (χ4v) is 2.19. The molecule has 4 nitrogen and oxygen atoms in total. The van der Waals surface area contributed by atoms with E-state index in [1.54, 1.807) is 4.90 Å². The maximum atomic E-state index is 13.2. The lowest BCUT2D eigenvalue weighted by Crippen LogP contribution is -2.37. The van der Waals surface area contributed by atoms with Crippen LogP contribution in [-0.2, 0) is 0 Å². The first-order valence-electron chi connectivity index (χ1n) is 5.59. The Morgan fingerprint density at radius 3 is 2.94 bits per heavy atom. The van der Waals surface area contributed by atoms with E-state index in [1.165, 1.54) is 18.2 Å². The lowest BCUT2D eigenvalue weighted by molar-refractivity contribution is 0.0677. The molecule has 0 bridgehead atoms. The molecule has 0 aliphatic carbocycles. The number of nitrogen functional groups attached to an aromatic ring is 1. The summed E-state index contributed by atoms with van der Waals surface area (Å²) in [6, 6.07) is 3.64. The third kappa shape index (κ3) is 2.39. The lowest BCUT2D eigenvalue weighted by atomic mass is 10.1. The molecule has 1 amide bonds. The molecule has 92 valence electrons. The minimum absolute atomic E-state index is 0.0590. The predicted molar refractivity (Wildman–Crippen MR) is 62.0 cm³/mol. The molecule has 1 heterocycles. The summed E-state index contributed by atoms with van der Waals surface area (Å²) < 4.78 is 13.2. The van der Waals surface area contributed by atoms with Crippen LogP contribution in [0.2, 0.25) is 0 Å². The normalized spacial score (nSPS) is 19.6. The molecule has 1 fully saturated rings. The number of benzene rings is 1. The topological polar surface area (TPSA) is 66.6 Å². The van der Waals surface area contributed by atoms with Crippen molar-refractivity contribution in [1.29, 1.82) is 0 Å². The zero-order valence-corrected chi connectivity index (χ0v) is 9.40. The highest BCUT2D eigenvalue weighted by atomic mass is 19.1. The van der Waals surface area contributed by atoms with Gasteiger partial charge in [-0.15, -0.1) is 0 Å². The van der Waals surface area contributed by atoms with Crippen LogP contribution in [0.5, 0.6) is 0 Å². The smallest absolute Gasteiger partial charge is 0.254 e. The number of carbonyl (C=O) groups is 1. The molecule has 0 radical (unpaired) electrons. The Hall–Kier alpha value is -1.62. The number of halogens is 1. The molecule has 0 spiro atoms. The maximum Gasteiger partial charge on any atom is 0.254 e. The van der Waals surface area contributed by atoms with E-state index in [0.717, 1.165) is 12.8 Å². The van der Waals surface area contributed by atoms with Gasteiger partial charge >= 0.3 is 0 Å². The van der Waals surface area contributed by atoms with Crippen molar-refractivity contribution in [3.05, 3.63) is 29.6 Å². The molecule has 1 atom stereocenters. The summed E-state index contributed by atoms with van der Waals surface area (Å²) in [5, 5.41) is 9.15. The van der Waals surface area contributed by atoms with E-state index in [2.05, 4.69) is 0 Å². The zero-order valence-electron chi connectivity index (χ0n) is 9.40. The number of carbonyl (C=O) groups excluding carboxylic acids is 1. The third-order valence-corrected chi connectivity index (χ3v) is 3.02. The minimum Gasteiger partial charge on any atom is -0.399 e. The number of anilines is 1. The van der Waals surface area contributed by atoms with Crippen molar-refractivity contribution in [2.24, 2.45) is 0 Å². The molecule has 1 aromatic rings. The largest absolute Gasteiger partial charge is 0.399 e. The molecular formula is C12H15FN2O2. The summed E-state index contributed by atoms with van der Waals surface area (Å²) >= 11 is 0. The molecule has 5 heteroatoms. The fourth-order valence-electron chi connectivity index (χ4n) is 2.19. The van der Waals surface area contributed by atoms with Crippen LogP contribution in [0.15, 0.2) is 18.2 Å². The Bertz CT molecular complexity index is 416. The van der Waals surface area contributed by atoms with Gasteiger partial charge in [0, 0.05) is 17.8 Å². The van der Waals surface area contributed by atoms with Gasteiger partial charge in [0.05, 0.1) is 12.6 Å². The van der Waals surface area contributed by atoms with Gasteiger partial charge in [0.15, 0.2) is 0 Å². The van der Waals surface area contributed by atoms with Crippen LogP contribution < -0.4 is 5.73 Å². The highest BCUT2D eigenvalue weighted by Gasteiger charge is 2.28. The number of likely N-dealkylation sites (tertiary alicyclic amines) is 1. The summed E-state index contributed by atoms with van der Waals surface area (Å²) in [6.45, 7) is 0.539. The van der Waals surface area contributed by atoms with Gasteiger partial charge in [-0.05, 0) is 31.0 Å². The van der Waals surface area contributed by atoms with Crippen LogP contribution in [0, 0.1) is 5.82 Å². The van der Waals surface area contributed by atoms with Crippen molar-refractivity contribution in [3.8, 4) is 0 Å². The van der Waals surface area contributed by atoms with E-state index in [4.69, 9.17) is 10.8 Å². The van der Waals surface area contributed by atoms with Gasteiger partial charge in [0.1, 0.15) is 5.82 Å². The van der Waals surface area contributed by atoms with E-state index in [0.29, 0.717) is 6.54 Å². The standard InChI is InChI=1S/C12H15FN2O2/c13-9-4-8(5-10(14)6-9)12(17)15-3-1-2-11(15)7-16/h4-6,11,16H,1-3,7,14H2/t11-/m1/s1. The minimum atomic E-state index is -0.520. The van der Waals surface area contributed by atoms with E-state index in [1.807, 2.05) is 0 Å². The van der Waals surface area contributed by atoms with Gasteiger partial charge in [-0.25, -0.2) is 4.39 Å². The second-order valence-corrected chi connectivity index (χ2v) is 4.25. The second-order valence-electron chi connectivity index (χ2n) is 4.25. The van der Waals surface area contributed by atoms with Crippen molar-refractivity contribution in [1.82, 2.24) is 4.90 Å². The molecule has 3 N–H and O–H groups in total. The molecule has 17 heavy (non-hydrogen) atoms. The van der Waals surface area contributed by atoms with Crippen molar-refractivity contribution in [2.45, 2.75) is 18.9 Å². The Balaban J connectivity index is 2.24. The maximum absolute atomic E-state index is 13.2. The average Bonchev–Trinajstić information content (AvgIpc) is 2.74. The van der Waals surface area contributed by atoms with Gasteiger partial charge in [-0.2, -0.15) is 0 Å². The van der Waals surface area contributed by atoms with Crippen LogP contribution in [0.1, 0.15) is 23.2 Å². The van der Waals surface area contributed by atoms with Gasteiger partial charge < -0.3 is 15.7 Å². The van der Waals surface area contributed by atoms with E-state index in [-0.39, 0.29) is 29.8 Å². The molecule has 1 saturated heterocycles. The second kappa shape index (κ2) is 4.71. The Morgan fingerprint density at radius 1 is 1.53 bits per heavy atom. The van der Waals surface area contributed by atoms with Crippen LogP contribution >= 0.6 is 0 Å². The zero-order chi connectivity index (χ0) is 12.4. The quantitative estimate of drug-likeness (QED) is 0.755. The van der Waals surface area contributed by atoms with Crippen LogP contribution in [0.25, 0.3) is 0 Å². The van der Waals surface area contributed by atoms with E-state index in [9.17, 15) is 9.18 Å². The number of aliphatic hydroxyl groups is 1. The summed E-state index contributed by atoms with van der Waals surface area (Å²) in [6.07, 6.45) is 1.65. The van der Waals surface area contributed by atoms with Crippen molar-refractivity contribution >= 4 is 11.6 Å². The first kappa shape index (κ1) is 11.9. The first-order chi connectivity index (χ1) is 8.11. The molecule has 0 unspecified atom stereocenters. The summed E-state index contributed by atoms with van der Waals surface area (Å²) in [5.41, 5.74) is 5.97. The molecule has 0 saturated carbocycles. The molecule has 1 aromatic carbocycles. The van der Waals surface area contributed by atoms with E-state index >= 15 is 0 Å². The monoisotopic (exact) mass is 238 g/mol. The number of rotatable bonds is 2. The van der Waals surface area contributed by atoms with Crippen LogP contribution in [-0.4, -0.2) is 35.1 Å². The summed E-state index contributed by atoms with van der Waals surface area (Å²) in [4.78, 5) is 13.7. The van der Waals surface area contributed by atoms with Gasteiger partial charge in [0.25, 0.3) is 5.91 Å². The number of nitrogens with zero attached hydrogens (tertiary/aromatic N) is 1. The van der Waals surface area contributed by atoms with Crippen LogP contribution in [0.3, 0.4) is 0 Å². The predicted octanol–water partition coefficient (Wildman–Crippen LogP) is 1.00. The number of amides is 1. The molecular weight excluding hydrogens is 223 g/mol. The Kier molecular flexibility index (Phi) is 3.28. The van der Waals surface area contributed by atoms with Crippen molar-refractivity contribution in [2.75, 3.05) is 18.9 Å². The first-order valence-corrected chi connectivity index (χ1v) is 5.59.